The van der Waals surface area contributed by atoms with Gasteiger partial charge in [0.1, 0.15) is 0 Å². The topological polar surface area (TPSA) is 98.2 Å². The predicted molar refractivity (Wildman–Crippen MR) is 91.8 cm³/mol. The molecule has 24 heavy (non-hydrogen) atoms. The second-order valence-corrected chi connectivity index (χ2v) is 6.91. The largest absolute Gasteiger partial charge is 0.397 e. The van der Waals surface area contributed by atoms with Gasteiger partial charge in [0.2, 0.25) is 10.0 Å². The van der Waals surface area contributed by atoms with Crippen LogP contribution in [0.3, 0.4) is 0 Å². The molecule has 0 aromatic heterocycles. The molecule has 0 fully saturated rings. The lowest BCUT2D eigenvalue weighted by molar-refractivity contribution is 0.508. The third kappa shape index (κ3) is 4.30. The lowest BCUT2D eigenvalue weighted by Gasteiger charge is -2.13. The summed E-state index contributed by atoms with van der Waals surface area (Å²) < 4.78 is 51.8. The van der Waals surface area contributed by atoms with Crippen LogP contribution in [0.15, 0.2) is 42.5 Å². The molecule has 0 aliphatic carbocycles. The van der Waals surface area contributed by atoms with E-state index in [9.17, 15) is 17.2 Å². The Hall–Kier alpha value is -2.45. The van der Waals surface area contributed by atoms with Gasteiger partial charge in [-0.3, -0.25) is 4.72 Å². The van der Waals surface area contributed by atoms with Crippen LogP contribution in [0.4, 0.5) is 20.2 Å². The molecule has 2 rings (SSSR count). The number of hydrogen-bond acceptors (Lipinski definition) is 4. The fourth-order valence-electron chi connectivity index (χ4n) is 2.20. The Labute approximate surface area is 139 Å². The lowest BCUT2D eigenvalue weighted by atomic mass is 9.96. The molecule has 0 spiro atoms. The molecular formula is C16H17F2N3O2S. The summed E-state index contributed by atoms with van der Waals surface area (Å²) in [5, 5.41) is 0. The van der Waals surface area contributed by atoms with E-state index in [0.29, 0.717) is 16.7 Å². The highest BCUT2D eigenvalue weighted by Gasteiger charge is 2.12. The zero-order valence-electron chi connectivity index (χ0n) is 12.9. The third-order valence-electron chi connectivity index (χ3n) is 3.21. The number of hydrogen-bond donors (Lipinski definition) is 3. The van der Waals surface area contributed by atoms with E-state index in [1.165, 1.54) is 18.2 Å². The SMILES string of the molecule is CS(=O)(=O)Nc1cc(/C(=C/CN)c2ccc(F)c(F)c2)ccc1N. The van der Waals surface area contributed by atoms with E-state index in [2.05, 4.69) is 4.72 Å². The maximum Gasteiger partial charge on any atom is 0.229 e. The number of nitrogens with two attached hydrogens (primary N) is 2. The second kappa shape index (κ2) is 6.98. The third-order valence-corrected chi connectivity index (χ3v) is 3.80. The molecule has 0 saturated carbocycles. The van der Waals surface area contributed by atoms with Gasteiger partial charge >= 0.3 is 0 Å². The maximum atomic E-state index is 13.5. The van der Waals surface area contributed by atoms with Crippen molar-refractivity contribution in [2.45, 2.75) is 0 Å². The van der Waals surface area contributed by atoms with E-state index in [0.717, 1.165) is 18.4 Å². The number of anilines is 2. The van der Waals surface area contributed by atoms with E-state index < -0.39 is 21.7 Å². The van der Waals surface area contributed by atoms with Crippen molar-refractivity contribution in [1.82, 2.24) is 0 Å². The molecule has 0 amide bonds. The molecule has 5 nitrogen and oxygen atoms in total. The van der Waals surface area contributed by atoms with Crippen LogP contribution in [-0.4, -0.2) is 21.2 Å². The van der Waals surface area contributed by atoms with Gasteiger partial charge in [-0.1, -0.05) is 18.2 Å². The van der Waals surface area contributed by atoms with Crippen LogP contribution in [0.5, 0.6) is 0 Å². The average molecular weight is 353 g/mol. The van der Waals surface area contributed by atoms with Gasteiger partial charge in [0.15, 0.2) is 11.6 Å². The molecule has 0 bridgehead atoms. The Kier molecular flexibility index (Phi) is 5.20. The number of sulfonamides is 1. The Morgan fingerprint density at radius 1 is 1.12 bits per heavy atom. The van der Waals surface area contributed by atoms with E-state index in [-0.39, 0.29) is 17.9 Å². The highest BCUT2D eigenvalue weighted by atomic mass is 32.2. The molecular weight excluding hydrogens is 336 g/mol. The molecule has 0 saturated heterocycles. The van der Waals surface area contributed by atoms with Crippen LogP contribution in [0, 0.1) is 11.6 Å². The summed E-state index contributed by atoms with van der Waals surface area (Å²) in [7, 11) is -3.52. The summed E-state index contributed by atoms with van der Waals surface area (Å²) in [5.41, 5.74) is 13.3. The summed E-state index contributed by atoms with van der Waals surface area (Å²) in [6, 6.07) is 8.16. The van der Waals surface area contributed by atoms with Gasteiger partial charge in [0.25, 0.3) is 0 Å². The van der Waals surface area contributed by atoms with Crippen molar-refractivity contribution in [2.75, 3.05) is 23.3 Å². The van der Waals surface area contributed by atoms with Crippen molar-refractivity contribution in [3.05, 3.63) is 65.2 Å². The maximum absolute atomic E-state index is 13.5. The average Bonchev–Trinajstić information content (AvgIpc) is 2.49. The summed E-state index contributed by atoms with van der Waals surface area (Å²) in [6.07, 6.45) is 2.63. The molecule has 2 aromatic carbocycles. The Balaban J connectivity index is 2.54. The van der Waals surface area contributed by atoms with Gasteiger partial charge in [-0.2, -0.15) is 0 Å². The minimum Gasteiger partial charge on any atom is -0.397 e. The van der Waals surface area contributed by atoms with Crippen LogP contribution in [0.1, 0.15) is 11.1 Å². The van der Waals surface area contributed by atoms with Gasteiger partial charge in [-0.15, -0.1) is 0 Å². The number of rotatable bonds is 5. The smallest absolute Gasteiger partial charge is 0.229 e. The minimum absolute atomic E-state index is 0.160. The highest BCUT2D eigenvalue weighted by Crippen LogP contribution is 2.29. The fourth-order valence-corrected chi connectivity index (χ4v) is 2.77. The molecule has 0 heterocycles. The molecule has 0 aliphatic rings. The monoisotopic (exact) mass is 353 g/mol. The van der Waals surface area contributed by atoms with E-state index in [4.69, 9.17) is 11.5 Å². The number of halogens is 2. The van der Waals surface area contributed by atoms with Gasteiger partial charge in [0.05, 0.1) is 17.6 Å². The van der Waals surface area contributed by atoms with Crippen molar-refractivity contribution in [2.24, 2.45) is 5.73 Å². The first-order valence-corrected chi connectivity index (χ1v) is 8.83. The first kappa shape index (κ1) is 17.9. The molecule has 0 atom stereocenters. The molecule has 0 unspecified atom stereocenters. The number of nitrogens with one attached hydrogen (secondary N) is 1. The van der Waals surface area contributed by atoms with Crippen molar-refractivity contribution in [1.29, 1.82) is 0 Å². The normalized spacial score (nSPS) is 12.2. The minimum atomic E-state index is -3.52. The summed E-state index contributed by atoms with van der Waals surface area (Å²) in [6.45, 7) is 0.160. The van der Waals surface area contributed by atoms with Crippen molar-refractivity contribution in [3.63, 3.8) is 0 Å². The summed E-state index contributed by atoms with van der Waals surface area (Å²) in [4.78, 5) is 0. The standard InChI is InChI=1S/C16H17F2N3O2S/c1-24(22,23)21-16-9-11(3-5-15(16)20)12(6-7-19)10-2-4-13(17)14(18)8-10/h2-6,8-9,21H,7,19-20H2,1H3/b12-6+. The summed E-state index contributed by atoms with van der Waals surface area (Å²) >= 11 is 0. The van der Waals surface area contributed by atoms with Gasteiger partial charge in [-0.25, -0.2) is 17.2 Å². The van der Waals surface area contributed by atoms with Gasteiger partial charge in [0, 0.05) is 6.54 Å². The Morgan fingerprint density at radius 3 is 2.33 bits per heavy atom. The van der Waals surface area contributed by atoms with Gasteiger partial charge in [-0.05, 0) is 41.0 Å². The van der Waals surface area contributed by atoms with Crippen LogP contribution in [0.25, 0.3) is 5.57 Å². The van der Waals surface area contributed by atoms with Crippen LogP contribution in [0.2, 0.25) is 0 Å². The van der Waals surface area contributed by atoms with E-state index >= 15 is 0 Å². The van der Waals surface area contributed by atoms with E-state index in [1.807, 2.05) is 0 Å². The van der Waals surface area contributed by atoms with Crippen LogP contribution < -0.4 is 16.2 Å². The molecule has 128 valence electrons. The second-order valence-electron chi connectivity index (χ2n) is 5.16. The molecule has 0 aliphatic heterocycles. The number of benzene rings is 2. The van der Waals surface area contributed by atoms with Crippen molar-refractivity contribution < 1.29 is 17.2 Å². The lowest BCUT2D eigenvalue weighted by Crippen LogP contribution is -2.11. The van der Waals surface area contributed by atoms with Crippen LogP contribution in [-0.2, 0) is 10.0 Å². The zero-order valence-corrected chi connectivity index (χ0v) is 13.7. The fraction of sp³-hybridized carbons (Fsp3) is 0.125. The molecule has 5 N–H and O–H groups in total. The summed E-state index contributed by atoms with van der Waals surface area (Å²) in [5.74, 6) is -1.94. The first-order valence-electron chi connectivity index (χ1n) is 6.94. The van der Waals surface area contributed by atoms with Crippen molar-refractivity contribution >= 4 is 27.0 Å². The van der Waals surface area contributed by atoms with Crippen LogP contribution >= 0.6 is 0 Å². The molecule has 0 radical (unpaired) electrons. The molecule has 2 aromatic rings. The Morgan fingerprint density at radius 2 is 1.75 bits per heavy atom. The quantitative estimate of drug-likeness (QED) is 0.719. The Bertz CT molecular complexity index is 896. The molecule has 8 heteroatoms. The highest BCUT2D eigenvalue weighted by molar-refractivity contribution is 7.92. The van der Waals surface area contributed by atoms with Crippen molar-refractivity contribution in [3.8, 4) is 0 Å². The van der Waals surface area contributed by atoms with E-state index in [1.54, 1.807) is 12.1 Å². The van der Waals surface area contributed by atoms with Gasteiger partial charge < -0.3 is 11.5 Å². The first-order chi connectivity index (χ1) is 11.2. The predicted octanol–water partition coefficient (Wildman–Crippen LogP) is 2.31. The zero-order chi connectivity index (χ0) is 17.9. The number of nitrogen functional groups attached to an aromatic ring is 1.